The molecule has 0 N–H and O–H groups in total. The second-order valence-electron chi connectivity index (χ2n) is 5.61. The number of carbonyl (C=O) groups excluding carboxylic acids is 1. The van der Waals surface area contributed by atoms with E-state index < -0.39 is 5.97 Å². The molecule has 1 heterocycles. The Morgan fingerprint density at radius 1 is 1.14 bits per heavy atom. The number of nitrogens with zero attached hydrogens (tertiary/aromatic N) is 2. The smallest absolute Gasteiger partial charge is 0.358 e. The fraction of sp³-hybridized carbons (Fsp3) is 0.0952. The Hall–Kier alpha value is -3.03. The van der Waals surface area contributed by atoms with Gasteiger partial charge < -0.3 is 14.3 Å². The number of hydrogen-bond acceptors (Lipinski definition) is 7. The first kappa shape index (κ1) is 20.7. The molecule has 0 saturated heterocycles. The molecule has 3 rings (SSSR count). The molecule has 0 radical (unpaired) electrons. The number of esters is 1. The number of rotatable bonds is 8. The van der Waals surface area contributed by atoms with Crippen LogP contribution >= 0.6 is 23.4 Å². The third-order valence-corrected chi connectivity index (χ3v) is 4.81. The summed E-state index contributed by atoms with van der Waals surface area (Å²) in [6.07, 6.45) is 2.64. The van der Waals surface area contributed by atoms with Crippen LogP contribution in [0.3, 0.4) is 0 Å². The molecule has 1 aromatic heterocycles. The molecule has 0 fully saturated rings. The van der Waals surface area contributed by atoms with Gasteiger partial charge in [-0.15, -0.1) is 0 Å². The standard InChI is InChI=1S/C21H17ClN2O4S/c1-26-24-13-20(25)28-19-10-6-5-7-15(19)14-27-21-18(22)11-17(12-23-21)29-16-8-3-2-4-9-16/h2-13H,14H2,1H3. The minimum atomic E-state index is -0.655. The van der Waals surface area contributed by atoms with Crippen molar-refractivity contribution in [2.45, 2.75) is 16.4 Å². The zero-order chi connectivity index (χ0) is 20.5. The topological polar surface area (TPSA) is 70.0 Å². The maximum atomic E-state index is 11.7. The normalized spacial score (nSPS) is 10.7. The summed E-state index contributed by atoms with van der Waals surface area (Å²) < 4.78 is 11.0. The molecule has 0 aliphatic heterocycles. The highest BCUT2D eigenvalue weighted by Crippen LogP contribution is 2.32. The van der Waals surface area contributed by atoms with Crippen LogP contribution in [0.2, 0.25) is 5.02 Å². The summed E-state index contributed by atoms with van der Waals surface area (Å²) in [6.45, 7) is 0.128. The highest BCUT2D eigenvalue weighted by Gasteiger charge is 2.11. The minimum absolute atomic E-state index is 0.128. The number of halogens is 1. The van der Waals surface area contributed by atoms with Gasteiger partial charge >= 0.3 is 5.97 Å². The average Bonchev–Trinajstić information content (AvgIpc) is 2.73. The van der Waals surface area contributed by atoms with E-state index in [1.54, 1.807) is 42.2 Å². The second-order valence-corrected chi connectivity index (χ2v) is 7.16. The Bertz CT molecular complexity index is 999. The molecule has 0 aliphatic rings. The Labute approximate surface area is 177 Å². The highest BCUT2D eigenvalue weighted by atomic mass is 35.5. The van der Waals surface area contributed by atoms with E-state index in [1.807, 2.05) is 36.4 Å². The summed E-state index contributed by atoms with van der Waals surface area (Å²) in [5.41, 5.74) is 0.660. The van der Waals surface area contributed by atoms with Crippen LogP contribution in [0.5, 0.6) is 11.6 Å². The third-order valence-electron chi connectivity index (χ3n) is 3.57. The fourth-order valence-electron chi connectivity index (χ4n) is 2.29. The lowest BCUT2D eigenvalue weighted by Crippen LogP contribution is -2.11. The predicted molar refractivity (Wildman–Crippen MR) is 112 cm³/mol. The first-order chi connectivity index (χ1) is 14.2. The maximum Gasteiger partial charge on any atom is 0.358 e. The molecule has 0 aliphatic carbocycles. The number of oxime groups is 1. The van der Waals surface area contributed by atoms with Crippen molar-refractivity contribution < 1.29 is 19.1 Å². The van der Waals surface area contributed by atoms with Gasteiger partial charge in [0.1, 0.15) is 24.5 Å². The van der Waals surface area contributed by atoms with Crippen LogP contribution in [0, 0.1) is 0 Å². The first-order valence-corrected chi connectivity index (χ1v) is 9.72. The Balaban J connectivity index is 1.66. The molecule has 0 saturated carbocycles. The summed E-state index contributed by atoms with van der Waals surface area (Å²) in [5.74, 6) is -0.00340. The van der Waals surface area contributed by atoms with Gasteiger partial charge in [0.2, 0.25) is 5.88 Å². The quantitative estimate of drug-likeness (QED) is 0.217. The summed E-state index contributed by atoms with van der Waals surface area (Å²) in [6, 6.07) is 18.7. The van der Waals surface area contributed by atoms with Crippen molar-refractivity contribution in [1.82, 2.24) is 4.98 Å². The molecule has 8 heteroatoms. The van der Waals surface area contributed by atoms with Gasteiger partial charge in [-0.25, -0.2) is 9.78 Å². The van der Waals surface area contributed by atoms with Gasteiger partial charge in [-0.1, -0.05) is 64.9 Å². The Kier molecular flexibility index (Phi) is 7.49. The maximum absolute atomic E-state index is 11.7. The fourth-order valence-corrected chi connectivity index (χ4v) is 3.43. The zero-order valence-corrected chi connectivity index (χ0v) is 17.0. The molecule has 6 nitrogen and oxygen atoms in total. The van der Waals surface area contributed by atoms with E-state index in [0.29, 0.717) is 22.2 Å². The van der Waals surface area contributed by atoms with Gasteiger partial charge in [-0.2, -0.15) is 0 Å². The zero-order valence-electron chi connectivity index (χ0n) is 15.4. The lowest BCUT2D eigenvalue weighted by molar-refractivity contribution is -0.126. The molecule has 0 spiro atoms. The number of carbonyl (C=O) groups is 1. The van der Waals surface area contributed by atoms with Crippen molar-refractivity contribution in [3.8, 4) is 11.6 Å². The Morgan fingerprint density at radius 2 is 1.90 bits per heavy atom. The van der Waals surface area contributed by atoms with E-state index in [-0.39, 0.29) is 6.61 Å². The van der Waals surface area contributed by atoms with Gasteiger partial charge in [-0.3, -0.25) is 0 Å². The molecule has 0 atom stereocenters. The van der Waals surface area contributed by atoms with E-state index in [2.05, 4.69) is 15.0 Å². The highest BCUT2D eigenvalue weighted by molar-refractivity contribution is 7.99. The average molecular weight is 429 g/mol. The van der Waals surface area contributed by atoms with Gasteiger partial charge in [0, 0.05) is 21.6 Å². The minimum Gasteiger partial charge on any atom is -0.472 e. The molecule has 3 aromatic rings. The number of benzene rings is 2. The van der Waals surface area contributed by atoms with Crippen molar-refractivity contribution in [2.24, 2.45) is 5.16 Å². The van der Waals surface area contributed by atoms with Crippen molar-refractivity contribution in [3.63, 3.8) is 0 Å². The second kappa shape index (κ2) is 10.5. The predicted octanol–water partition coefficient (Wildman–Crippen LogP) is 5.00. The summed E-state index contributed by atoms with van der Waals surface area (Å²) in [7, 11) is 1.34. The van der Waals surface area contributed by atoms with Gasteiger partial charge in [-0.05, 0) is 24.3 Å². The van der Waals surface area contributed by atoms with Gasteiger partial charge in [0.15, 0.2) is 6.21 Å². The van der Waals surface area contributed by atoms with Gasteiger partial charge in [0.05, 0.1) is 0 Å². The summed E-state index contributed by atoms with van der Waals surface area (Å²) in [5, 5.41) is 3.78. The van der Waals surface area contributed by atoms with Crippen LogP contribution < -0.4 is 9.47 Å². The number of hydrogen-bond donors (Lipinski definition) is 0. The largest absolute Gasteiger partial charge is 0.472 e. The molecule has 0 bridgehead atoms. The Morgan fingerprint density at radius 3 is 2.66 bits per heavy atom. The first-order valence-electron chi connectivity index (χ1n) is 8.53. The number of aromatic nitrogens is 1. The van der Waals surface area contributed by atoms with Crippen LogP contribution in [0.15, 0.2) is 81.8 Å². The third kappa shape index (κ3) is 6.23. The van der Waals surface area contributed by atoms with Gasteiger partial charge in [0.25, 0.3) is 0 Å². The summed E-state index contributed by atoms with van der Waals surface area (Å²) >= 11 is 7.88. The van der Waals surface area contributed by atoms with Crippen molar-refractivity contribution in [2.75, 3.05) is 7.11 Å². The lowest BCUT2D eigenvalue weighted by Gasteiger charge is -2.11. The monoisotopic (exact) mass is 428 g/mol. The van der Waals surface area contributed by atoms with Crippen LogP contribution in [0.1, 0.15) is 5.56 Å². The molecule has 0 unspecified atom stereocenters. The van der Waals surface area contributed by atoms with Crippen molar-refractivity contribution in [1.29, 1.82) is 0 Å². The van der Waals surface area contributed by atoms with E-state index in [9.17, 15) is 4.79 Å². The molecule has 148 valence electrons. The number of pyridine rings is 1. The molecule has 29 heavy (non-hydrogen) atoms. The molecule has 2 aromatic carbocycles. The summed E-state index contributed by atoms with van der Waals surface area (Å²) in [4.78, 5) is 22.5. The van der Waals surface area contributed by atoms with Crippen LogP contribution in [0.4, 0.5) is 0 Å². The van der Waals surface area contributed by atoms with Crippen molar-refractivity contribution in [3.05, 3.63) is 77.4 Å². The molecule has 0 amide bonds. The number of ether oxygens (including phenoxy) is 2. The van der Waals surface area contributed by atoms with Crippen LogP contribution in [-0.2, 0) is 16.2 Å². The van der Waals surface area contributed by atoms with Crippen LogP contribution in [-0.4, -0.2) is 24.3 Å². The molecular formula is C21H17ClN2O4S. The van der Waals surface area contributed by atoms with E-state index >= 15 is 0 Å². The van der Waals surface area contributed by atoms with E-state index in [4.69, 9.17) is 21.1 Å². The SMILES string of the molecule is CON=CC(=O)Oc1ccccc1COc1ncc(Sc2ccccc2)cc1Cl. The van der Waals surface area contributed by atoms with Crippen LogP contribution in [0.25, 0.3) is 0 Å². The molecular weight excluding hydrogens is 412 g/mol. The van der Waals surface area contributed by atoms with E-state index in [1.165, 1.54) is 7.11 Å². The number of para-hydroxylation sites is 1. The lowest BCUT2D eigenvalue weighted by atomic mass is 10.2. The van der Waals surface area contributed by atoms with Crippen molar-refractivity contribution >= 4 is 35.5 Å². The van der Waals surface area contributed by atoms with E-state index in [0.717, 1.165) is 16.0 Å².